The van der Waals surface area contributed by atoms with E-state index in [9.17, 15) is 23.5 Å². The van der Waals surface area contributed by atoms with Crippen LogP contribution in [0.5, 0.6) is 0 Å². The van der Waals surface area contributed by atoms with Crippen molar-refractivity contribution in [1.29, 1.82) is 0 Å². The molecular weight excluding hydrogens is 807 g/mol. The highest BCUT2D eigenvalue weighted by Gasteiger charge is 2.29. The van der Waals surface area contributed by atoms with E-state index in [4.69, 9.17) is 23.2 Å². The molecule has 2 saturated heterocycles. The maximum absolute atomic E-state index is 14.5. The van der Waals surface area contributed by atoms with E-state index in [1.54, 1.807) is 44.7 Å². The van der Waals surface area contributed by atoms with Crippen LogP contribution < -0.4 is 16.0 Å². The number of halogens is 4. The molecule has 4 atom stereocenters. The Morgan fingerprint density at radius 2 is 1.22 bits per heavy atom. The molecule has 310 valence electrons. The lowest BCUT2D eigenvalue weighted by Crippen LogP contribution is -2.51. The molecule has 2 fully saturated rings. The number of hydrogen-bond donors (Lipinski definition) is 6. The molecule has 8 heterocycles. The number of rotatable bonds is 10. The Balaban J connectivity index is 0.000000179. The van der Waals surface area contributed by atoms with Gasteiger partial charge in [0.2, 0.25) is 5.91 Å². The number of aliphatic carboxylic acids is 1. The average Bonchev–Trinajstić information content (AvgIpc) is 3.86. The lowest BCUT2D eigenvalue weighted by molar-refractivity contribution is -0.143. The number of anilines is 2. The molecule has 0 aliphatic carbocycles. The second-order valence-corrected chi connectivity index (χ2v) is 15.4. The number of carbonyl (C=O) groups excluding carboxylic acids is 1. The fourth-order valence-electron chi connectivity index (χ4n) is 7.39. The first-order valence-electron chi connectivity index (χ1n) is 19.1. The van der Waals surface area contributed by atoms with Gasteiger partial charge in [-0.05, 0) is 64.8 Å². The Labute approximate surface area is 347 Å². The van der Waals surface area contributed by atoms with E-state index in [-0.39, 0.29) is 35.7 Å². The zero-order valence-electron chi connectivity index (χ0n) is 32.4. The summed E-state index contributed by atoms with van der Waals surface area (Å²) in [5, 5.41) is 20.7. The third-order valence-corrected chi connectivity index (χ3v) is 11.0. The Morgan fingerprint density at radius 1 is 0.763 bits per heavy atom. The van der Waals surface area contributed by atoms with Gasteiger partial charge in [-0.1, -0.05) is 23.2 Å². The van der Waals surface area contributed by atoms with Crippen LogP contribution in [0.4, 0.5) is 20.4 Å². The normalized spacial score (nSPS) is 18.5. The second-order valence-electron chi connectivity index (χ2n) is 14.5. The first-order valence-corrected chi connectivity index (χ1v) is 19.9. The minimum Gasteiger partial charge on any atom is -0.480 e. The quantitative estimate of drug-likeness (QED) is 0.0939. The standard InChI is InChI=1S/C20H23ClFN7O.C19H20ClFN6O2/c1-11(20(30)23-2)29-5-3-4-13(10-29)27-19-16(22)9-26-18(28-19)15-8-25-17-14(15)6-12(21)7-24-17;1-10(19(28)29)27-4-2-3-12(9-27)25-18-15(21)8-24-17(26-18)14-7-23-16-13(14)5-11(20)6-22-16/h6-9,11,13H,3-5,10H2,1-2H3,(H,23,30)(H,24,25)(H,26,27,28);5-8,10,12H,2-4,9H2,1H3,(H,22,23)(H,28,29)(H,24,25,26). The Kier molecular flexibility index (Phi) is 12.8. The number of aromatic amines is 2. The van der Waals surface area contributed by atoms with Crippen molar-refractivity contribution in [1.82, 2.24) is 55.0 Å². The van der Waals surface area contributed by atoms with Gasteiger partial charge in [0.15, 0.2) is 34.9 Å². The molecule has 4 unspecified atom stereocenters. The summed E-state index contributed by atoms with van der Waals surface area (Å²) >= 11 is 12.1. The number of aromatic nitrogens is 8. The number of carboxylic acids is 1. The van der Waals surface area contributed by atoms with Crippen molar-refractivity contribution >= 4 is 68.8 Å². The monoisotopic (exact) mass is 849 g/mol. The van der Waals surface area contributed by atoms with Gasteiger partial charge in [0.05, 0.1) is 28.5 Å². The Morgan fingerprint density at radius 3 is 1.66 bits per heavy atom. The van der Waals surface area contributed by atoms with Gasteiger partial charge in [0.25, 0.3) is 0 Å². The minimum atomic E-state index is -0.868. The molecule has 0 radical (unpaired) electrons. The van der Waals surface area contributed by atoms with E-state index in [0.29, 0.717) is 63.7 Å². The summed E-state index contributed by atoms with van der Waals surface area (Å²) in [7, 11) is 1.63. The second kappa shape index (κ2) is 18.1. The number of H-pyrrole nitrogens is 2. The van der Waals surface area contributed by atoms with Crippen LogP contribution in [0.3, 0.4) is 0 Å². The van der Waals surface area contributed by atoms with Crippen molar-refractivity contribution < 1.29 is 23.5 Å². The van der Waals surface area contributed by atoms with Gasteiger partial charge in [0, 0.05) is 78.9 Å². The van der Waals surface area contributed by atoms with Crippen molar-refractivity contribution in [2.45, 2.75) is 63.7 Å². The summed E-state index contributed by atoms with van der Waals surface area (Å²) in [4.78, 5) is 58.8. The van der Waals surface area contributed by atoms with Crippen molar-refractivity contribution in [2.24, 2.45) is 0 Å². The molecule has 2 aliphatic rings. The van der Waals surface area contributed by atoms with E-state index < -0.39 is 23.6 Å². The van der Waals surface area contributed by atoms with Gasteiger partial charge in [0.1, 0.15) is 17.3 Å². The topological polar surface area (TPSA) is 206 Å². The molecule has 59 heavy (non-hydrogen) atoms. The van der Waals surface area contributed by atoms with Gasteiger partial charge in [-0.3, -0.25) is 19.4 Å². The molecule has 2 aliphatic heterocycles. The van der Waals surface area contributed by atoms with Crippen LogP contribution in [0.25, 0.3) is 44.8 Å². The van der Waals surface area contributed by atoms with Crippen molar-refractivity contribution in [3.05, 3.63) is 71.0 Å². The number of likely N-dealkylation sites (tertiary alicyclic amines) is 2. The zero-order valence-corrected chi connectivity index (χ0v) is 34.0. The fourth-order valence-corrected chi connectivity index (χ4v) is 7.71. The van der Waals surface area contributed by atoms with Crippen LogP contribution in [0.15, 0.2) is 49.3 Å². The van der Waals surface area contributed by atoms with Crippen molar-refractivity contribution in [3.63, 3.8) is 0 Å². The maximum atomic E-state index is 14.5. The van der Waals surface area contributed by atoms with Gasteiger partial charge in [-0.25, -0.2) is 38.7 Å². The smallest absolute Gasteiger partial charge is 0.320 e. The number of fused-ring (bicyclic) bond motifs is 2. The molecule has 6 aromatic heterocycles. The number of carboxylic acid groups (broad SMARTS) is 1. The maximum Gasteiger partial charge on any atom is 0.320 e. The highest BCUT2D eigenvalue weighted by atomic mass is 35.5. The van der Waals surface area contributed by atoms with E-state index in [0.717, 1.165) is 55.4 Å². The van der Waals surface area contributed by atoms with Gasteiger partial charge in [-0.15, -0.1) is 0 Å². The first-order chi connectivity index (χ1) is 28.4. The van der Waals surface area contributed by atoms with E-state index >= 15 is 0 Å². The summed E-state index contributed by atoms with van der Waals surface area (Å²) in [5.41, 5.74) is 2.66. The summed E-state index contributed by atoms with van der Waals surface area (Å²) in [6.45, 7) is 6.18. The van der Waals surface area contributed by atoms with Crippen LogP contribution in [-0.2, 0) is 9.59 Å². The van der Waals surface area contributed by atoms with E-state index in [1.807, 2.05) is 11.8 Å². The van der Waals surface area contributed by atoms with Crippen molar-refractivity contribution in [3.8, 4) is 22.8 Å². The van der Waals surface area contributed by atoms with Gasteiger partial charge >= 0.3 is 5.97 Å². The molecule has 0 bridgehead atoms. The zero-order chi connectivity index (χ0) is 41.8. The number of piperidine rings is 2. The number of nitrogens with one attached hydrogen (secondary N) is 5. The third-order valence-electron chi connectivity index (χ3n) is 10.6. The van der Waals surface area contributed by atoms with Crippen LogP contribution >= 0.6 is 23.2 Å². The summed E-state index contributed by atoms with van der Waals surface area (Å²) in [5.74, 6) is -1.03. The molecule has 0 aromatic carbocycles. The molecule has 16 nitrogen and oxygen atoms in total. The predicted molar refractivity (Wildman–Crippen MR) is 221 cm³/mol. The first kappa shape index (κ1) is 41.6. The number of amides is 1. The lowest BCUT2D eigenvalue weighted by Gasteiger charge is -2.36. The Hall–Kier alpha value is -5.56. The molecular formula is C39H43Cl2F2N13O3. The average molecular weight is 851 g/mol. The number of likely N-dealkylation sites (N-methyl/N-ethyl adjacent to an activating group) is 1. The molecule has 20 heteroatoms. The molecule has 6 aromatic rings. The lowest BCUT2D eigenvalue weighted by atomic mass is 10.0. The van der Waals surface area contributed by atoms with Gasteiger partial charge < -0.3 is 31.0 Å². The highest BCUT2D eigenvalue weighted by Crippen LogP contribution is 2.30. The summed E-state index contributed by atoms with van der Waals surface area (Å²) in [6.07, 6.45) is 12.2. The van der Waals surface area contributed by atoms with Crippen LogP contribution in [-0.4, -0.2) is 124 Å². The van der Waals surface area contributed by atoms with Gasteiger partial charge in [-0.2, -0.15) is 0 Å². The number of pyridine rings is 2. The van der Waals surface area contributed by atoms with Crippen LogP contribution in [0, 0.1) is 11.6 Å². The minimum absolute atomic E-state index is 0.0258. The molecule has 1 amide bonds. The van der Waals surface area contributed by atoms with E-state index in [1.165, 1.54) is 6.20 Å². The molecule has 0 spiro atoms. The molecule has 0 saturated carbocycles. The molecule has 6 N–H and O–H groups in total. The molecule has 8 rings (SSSR count). The third kappa shape index (κ3) is 9.51. The fraction of sp³-hybridized carbons (Fsp3) is 0.385. The van der Waals surface area contributed by atoms with Crippen LogP contribution in [0.2, 0.25) is 10.0 Å². The highest BCUT2D eigenvalue weighted by molar-refractivity contribution is 6.31. The number of hydrogen-bond acceptors (Lipinski definition) is 12. The van der Waals surface area contributed by atoms with E-state index in [2.05, 4.69) is 60.7 Å². The Bertz CT molecular complexity index is 2470. The van der Waals surface area contributed by atoms with Crippen LogP contribution in [0.1, 0.15) is 39.5 Å². The number of nitrogens with zero attached hydrogens (tertiary/aromatic N) is 8. The predicted octanol–water partition coefficient (Wildman–Crippen LogP) is 5.99. The number of carbonyl (C=O) groups is 2. The summed E-state index contributed by atoms with van der Waals surface area (Å²) in [6, 6.07) is 2.56. The largest absolute Gasteiger partial charge is 0.480 e. The summed E-state index contributed by atoms with van der Waals surface area (Å²) < 4.78 is 28.9. The SMILES string of the molecule is CC(C(=O)O)N1CCCC(Nc2nc(-c3c[nH]c4ncc(Cl)cc34)ncc2F)C1.CNC(=O)C(C)N1CCCC(Nc2nc(-c3c[nH]c4ncc(Cl)cc34)ncc2F)C1. The van der Waals surface area contributed by atoms with Crippen molar-refractivity contribution in [2.75, 3.05) is 43.9 Å².